The summed E-state index contributed by atoms with van der Waals surface area (Å²) in [7, 11) is 0. The lowest BCUT2D eigenvalue weighted by Gasteiger charge is -2.05. The summed E-state index contributed by atoms with van der Waals surface area (Å²) in [4.78, 5) is 17.6. The number of thiophene rings is 1. The predicted octanol–water partition coefficient (Wildman–Crippen LogP) is 5.53. The number of nitrogens with zero attached hydrogens (tertiary/aromatic N) is 3. The molecular weight excluding hydrogens is 423 g/mol. The van der Waals surface area contributed by atoms with Crippen LogP contribution in [0, 0.1) is 12.7 Å². The number of aryl methyl sites for hydroxylation is 1. The summed E-state index contributed by atoms with van der Waals surface area (Å²) < 4.78 is 16.8. The van der Waals surface area contributed by atoms with Crippen molar-refractivity contribution in [1.29, 1.82) is 0 Å². The van der Waals surface area contributed by atoms with E-state index in [4.69, 9.17) is 5.10 Å². The van der Waals surface area contributed by atoms with Gasteiger partial charge in [0.25, 0.3) is 5.91 Å². The zero-order chi connectivity index (χ0) is 22.1. The van der Waals surface area contributed by atoms with Crippen LogP contribution >= 0.6 is 11.3 Å². The van der Waals surface area contributed by atoms with Gasteiger partial charge in [0.15, 0.2) is 0 Å². The summed E-state index contributed by atoms with van der Waals surface area (Å²) in [6.45, 7) is 2.08. The molecule has 2 aromatic carbocycles. The van der Waals surface area contributed by atoms with Gasteiger partial charge in [-0.05, 0) is 48.9 Å². The van der Waals surface area contributed by atoms with Gasteiger partial charge in [-0.25, -0.2) is 9.07 Å². The summed E-state index contributed by atoms with van der Waals surface area (Å²) in [5.74, 6) is -0.532. The molecule has 3 aromatic heterocycles. The minimum atomic E-state index is -0.306. The number of pyridine rings is 1. The third-order valence-electron chi connectivity index (χ3n) is 5.31. The van der Waals surface area contributed by atoms with Gasteiger partial charge in [-0.3, -0.25) is 9.78 Å². The first-order valence-electron chi connectivity index (χ1n) is 10.1. The molecule has 0 fully saturated rings. The van der Waals surface area contributed by atoms with Crippen LogP contribution in [0.4, 0.5) is 4.39 Å². The maximum Gasteiger partial charge on any atom is 0.261 e. The maximum absolute atomic E-state index is 14.2. The number of amides is 1. The lowest BCUT2D eigenvalue weighted by atomic mass is 10.1. The molecule has 0 bridgehead atoms. The fourth-order valence-electron chi connectivity index (χ4n) is 3.73. The molecule has 1 amide bonds. The Hall–Kier alpha value is -3.84. The molecule has 7 heteroatoms. The summed E-state index contributed by atoms with van der Waals surface area (Å²) in [6, 6.07) is 18.5. The van der Waals surface area contributed by atoms with Gasteiger partial charge in [0.05, 0.1) is 16.3 Å². The molecule has 5 aromatic rings. The number of carbonyl (C=O) groups is 1. The van der Waals surface area contributed by atoms with Crippen LogP contribution in [0.25, 0.3) is 27.0 Å². The molecule has 0 atom stereocenters. The zero-order valence-corrected chi connectivity index (χ0v) is 18.1. The van der Waals surface area contributed by atoms with E-state index in [1.54, 1.807) is 30.1 Å². The minimum absolute atomic E-state index is 0.226. The lowest BCUT2D eigenvalue weighted by molar-refractivity contribution is 0.0954. The normalized spacial score (nSPS) is 11.1. The first-order valence-corrected chi connectivity index (χ1v) is 10.9. The topological polar surface area (TPSA) is 59.8 Å². The number of nitrogens with one attached hydrogen (secondary N) is 1. The van der Waals surface area contributed by atoms with Gasteiger partial charge < -0.3 is 5.32 Å². The molecule has 0 unspecified atom stereocenters. The van der Waals surface area contributed by atoms with Crippen LogP contribution in [0.2, 0.25) is 0 Å². The monoisotopic (exact) mass is 442 g/mol. The third kappa shape index (κ3) is 3.67. The van der Waals surface area contributed by atoms with Gasteiger partial charge >= 0.3 is 0 Å². The highest BCUT2D eigenvalue weighted by atomic mass is 32.1. The van der Waals surface area contributed by atoms with E-state index in [9.17, 15) is 9.18 Å². The van der Waals surface area contributed by atoms with E-state index in [0.29, 0.717) is 22.4 Å². The van der Waals surface area contributed by atoms with E-state index in [1.807, 2.05) is 54.7 Å². The SMILES string of the molecule is Cc1c(C(=O)NCc2cn(-c3ccccc3)nc2-c2ccncc2)sc2cccc(F)c12. The Morgan fingerprint density at radius 3 is 2.59 bits per heavy atom. The molecule has 0 spiro atoms. The van der Waals surface area contributed by atoms with Crippen molar-refractivity contribution in [3.63, 3.8) is 0 Å². The number of hydrogen-bond acceptors (Lipinski definition) is 4. The molecule has 5 nitrogen and oxygen atoms in total. The number of fused-ring (bicyclic) bond motifs is 1. The van der Waals surface area contributed by atoms with Crippen molar-refractivity contribution in [1.82, 2.24) is 20.1 Å². The Morgan fingerprint density at radius 1 is 1.06 bits per heavy atom. The third-order valence-corrected chi connectivity index (χ3v) is 6.57. The summed E-state index contributed by atoms with van der Waals surface area (Å²) in [5.41, 5.74) is 4.15. The maximum atomic E-state index is 14.2. The molecule has 1 N–H and O–H groups in total. The lowest BCUT2D eigenvalue weighted by Crippen LogP contribution is -2.22. The van der Waals surface area contributed by atoms with Crippen molar-refractivity contribution >= 4 is 27.3 Å². The number of benzene rings is 2. The molecule has 0 aliphatic carbocycles. The van der Waals surface area contributed by atoms with Gasteiger partial charge in [-0.2, -0.15) is 5.10 Å². The fraction of sp³-hybridized carbons (Fsp3) is 0.0800. The standard InChI is InChI=1S/C25H19FN4OS/c1-16-22-20(26)8-5-9-21(22)32-24(16)25(31)28-14-18-15-30(19-6-3-2-4-7-19)29-23(18)17-10-12-27-13-11-17/h2-13,15H,14H2,1H3,(H,28,31). The van der Waals surface area contributed by atoms with E-state index in [0.717, 1.165) is 27.2 Å². The second-order valence-corrected chi connectivity index (χ2v) is 8.42. The van der Waals surface area contributed by atoms with Crippen molar-refractivity contribution in [2.24, 2.45) is 0 Å². The van der Waals surface area contributed by atoms with E-state index in [1.165, 1.54) is 17.4 Å². The highest BCUT2D eigenvalue weighted by Crippen LogP contribution is 2.32. The fourth-order valence-corrected chi connectivity index (χ4v) is 4.87. The molecule has 3 heterocycles. The van der Waals surface area contributed by atoms with Crippen molar-refractivity contribution in [2.75, 3.05) is 0 Å². The van der Waals surface area contributed by atoms with Crippen LogP contribution in [-0.4, -0.2) is 20.7 Å². The van der Waals surface area contributed by atoms with Crippen molar-refractivity contribution in [3.05, 3.63) is 101 Å². The second kappa shape index (κ2) is 8.36. The van der Waals surface area contributed by atoms with Gasteiger partial charge in [-0.15, -0.1) is 11.3 Å². The first-order chi connectivity index (χ1) is 15.6. The quantitative estimate of drug-likeness (QED) is 0.390. The van der Waals surface area contributed by atoms with Crippen LogP contribution in [0.1, 0.15) is 20.8 Å². The van der Waals surface area contributed by atoms with Crippen LogP contribution in [-0.2, 0) is 6.54 Å². The van der Waals surface area contributed by atoms with E-state index < -0.39 is 0 Å². The zero-order valence-electron chi connectivity index (χ0n) is 17.2. The van der Waals surface area contributed by atoms with E-state index in [-0.39, 0.29) is 11.7 Å². The molecule has 0 aliphatic rings. The molecule has 0 saturated carbocycles. The van der Waals surface area contributed by atoms with Gasteiger partial charge in [0.2, 0.25) is 0 Å². The second-order valence-electron chi connectivity index (χ2n) is 7.37. The van der Waals surface area contributed by atoms with Crippen molar-refractivity contribution in [2.45, 2.75) is 13.5 Å². The Morgan fingerprint density at radius 2 is 1.84 bits per heavy atom. The average Bonchev–Trinajstić information content (AvgIpc) is 3.41. The largest absolute Gasteiger partial charge is 0.347 e. The van der Waals surface area contributed by atoms with Gasteiger partial charge in [0, 0.05) is 46.3 Å². The minimum Gasteiger partial charge on any atom is -0.347 e. The van der Waals surface area contributed by atoms with Crippen LogP contribution in [0.5, 0.6) is 0 Å². The Kier molecular flexibility index (Phi) is 5.25. The highest BCUT2D eigenvalue weighted by molar-refractivity contribution is 7.21. The number of hydrogen-bond donors (Lipinski definition) is 1. The molecule has 0 radical (unpaired) electrons. The van der Waals surface area contributed by atoms with Crippen LogP contribution in [0.15, 0.2) is 79.3 Å². The molecular formula is C25H19FN4OS. The number of halogens is 1. The first kappa shape index (κ1) is 20.1. The highest BCUT2D eigenvalue weighted by Gasteiger charge is 2.19. The Labute approximate surface area is 188 Å². The van der Waals surface area contributed by atoms with Crippen molar-refractivity contribution < 1.29 is 9.18 Å². The summed E-state index contributed by atoms with van der Waals surface area (Å²) >= 11 is 1.30. The smallest absolute Gasteiger partial charge is 0.261 e. The number of rotatable bonds is 5. The van der Waals surface area contributed by atoms with E-state index in [2.05, 4.69) is 10.3 Å². The van der Waals surface area contributed by atoms with Crippen LogP contribution < -0.4 is 5.32 Å². The Balaban J connectivity index is 1.46. The summed E-state index contributed by atoms with van der Waals surface area (Å²) in [5, 5.41) is 8.26. The van der Waals surface area contributed by atoms with Crippen molar-refractivity contribution in [3.8, 4) is 16.9 Å². The number of carbonyl (C=O) groups excluding carboxylic acids is 1. The van der Waals surface area contributed by atoms with E-state index >= 15 is 0 Å². The molecule has 158 valence electrons. The van der Waals surface area contributed by atoms with Crippen LogP contribution in [0.3, 0.4) is 0 Å². The Bertz CT molecular complexity index is 1410. The molecule has 0 saturated heterocycles. The molecule has 5 rings (SSSR count). The molecule has 32 heavy (non-hydrogen) atoms. The molecule has 0 aliphatic heterocycles. The number of aromatic nitrogens is 3. The number of para-hydroxylation sites is 1. The van der Waals surface area contributed by atoms with Gasteiger partial charge in [0.1, 0.15) is 5.82 Å². The average molecular weight is 443 g/mol. The predicted molar refractivity (Wildman–Crippen MR) is 124 cm³/mol. The van der Waals surface area contributed by atoms with Gasteiger partial charge in [-0.1, -0.05) is 24.3 Å². The summed E-state index contributed by atoms with van der Waals surface area (Å²) in [6.07, 6.45) is 5.35.